The van der Waals surface area contributed by atoms with Crippen molar-refractivity contribution in [1.82, 2.24) is 4.90 Å². The minimum Gasteiger partial charge on any atom is -0.329 e. The Balaban J connectivity index is 2.06. The Morgan fingerprint density at radius 3 is 2.55 bits per heavy atom. The van der Waals surface area contributed by atoms with Crippen LogP contribution in [0.1, 0.15) is 37.7 Å². The molecule has 0 radical (unpaired) electrons. The van der Waals surface area contributed by atoms with E-state index in [9.17, 15) is 18.0 Å². The molecular weight excluding hydrogens is 287 g/mol. The summed E-state index contributed by atoms with van der Waals surface area (Å²) >= 11 is 1.43. The first kappa shape index (κ1) is 15.4. The first-order chi connectivity index (χ1) is 9.46. The van der Waals surface area contributed by atoms with Gasteiger partial charge < -0.3 is 4.90 Å². The summed E-state index contributed by atoms with van der Waals surface area (Å²) in [6.07, 6.45) is 0.0466. The third-order valence-electron chi connectivity index (χ3n) is 3.59. The van der Waals surface area contributed by atoms with Crippen LogP contribution in [0.3, 0.4) is 0 Å². The highest BCUT2D eigenvalue weighted by Crippen LogP contribution is 2.28. The van der Waals surface area contributed by atoms with Crippen LogP contribution >= 0.6 is 11.3 Å². The summed E-state index contributed by atoms with van der Waals surface area (Å²) in [5, 5.41) is 3.60. The zero-order valence-corrected chi connectivity index (χ0v) is 12.0. The lowest BCUT2D eigenvalue weighted by Gasteiger charge is -2.29. The zero-order valence-electron chi connectivity index (χ0n) is 11.2. The van der Waals surface area contributed by atoms with Crippen molar-refractivity contribution in [2.45, 2.75) is 44.8 Å². The summed E-state index contributed by atoms with van der Waals surface area (Å²) in [6, 6.07) is 1.77. The number of hydrogen-bond acceptors (Lipinski definition) is 2. The van der Waals surface area contributed by atoms with Crippen LogP contribution in [0, 0.1) is 5.92 Å². The monoisotopic (exact) mass is 305 g/mol. The van der Waals surface area contributed by atoms with Crippen molar-refractivity contribution in [2.24, 2.45) is 5.92 Å². The second-order valence-corrected chi connectivity index (χ2v) is 6.06. The number of thiophene rings is 1. The highest BCUT2D eigenvalue weighted by atomic mass is 32.1. The summed E-state index contributed by atoms with van der Waals surface area (Å²) in [7, 11) is 0. The molecule has 1 amide bonds. The number of carbonyl (C=O) groups excluding carboxylic acids is 1. The largest absolute Gasteiger partial charge is 0.406 e. The van der Waals surface area contributed by atoms with Gasteiger partial charge in [0, 0.05) is 12.5 Å². The number of carbonyl (C=O) groups is 1. The average Bonchev–Trinajstić information content (AvgIpc) is 2.89. The molecule has 2 nitrogen and oxygen atoms in total. The Kier molecular flexibility index (Phi) is 5.07. The van der Waals surface area contributed by atoms with Gasteiger partial charge in [-0.05, 0) is 35.2 Å². The molecule has 0 saturated heterocycles. The molecule has 0 bridgehead atoms. The second kappa shape index (κ2) is 6.61. The van der Waals surface area contributed by atoms with Crippen LogP contribution in [0.5, 0.6) is 0 Å². The molecule has 112 valence electrons. The summed E-state index contributed by atoms with van der Waals surface area (Å²) in [6.45, 7) is -1.10. The lowest BCUT2D eigenvalue weighted by molar-refractivity contribution is -0.165. The number of alkyl halides is 3. The van der Waals surface area contributed by atoms with Crippen molar-refractivity contribution in [3.8, 4) is 0 Å². The molecule has 1 saturated carbocycles. The number of halogens is 3. The van der Waals surface area contributed by atoms with Crippen molar-refractivity contribution in [2.75, 3.05) is 6.54 Å². The second-order valence-electron chi connectivity index (χ2n) is 5.28. The number of rotatable bonds is 4. The van der Waals surface area contributed by atoms with Crippen LogP contribution in [0.25, 0.3) is 0 Å². The molecule has 2 rings (SSSR count). The van der Waals surface area contributed by atoms with Gasteiger partial charge in [-0.1, -0.05) is 19.3 Å². The quantitative estimate of drug-likeness (QED) is 0.815. The van der Waals surface area contributed by atoms with Gasteiger partial charge in [-0.25, -0.2) is 0 Å². The van der Waals surface area contributed by atoms with Crippen LogP contribution in [-0.4, -0.2) is 23.5 Å². The van der Waals surface area contributed by atoms with E-state index in [1.165, 1.54) is 11.3 Å². The van der Waals surface area contributed by atoms with Crippen LogP contribution < -0.4 is 0 Å². The molecule has 0 N–H and O–H groups in total. The standard InChI is InChI=1S/C14H18F3NOS/c15-14(16,17)10-18(8-11-6-7-20-9-11)13(19)12-4-2-1-3-5-12/h6-7,9,12H,1-5,8,10H2. The SMILES string of the molecule is O=C(C1CCCCC1)N(Cc1ccsc1)CC(F)(F)F. The van der Waals surface area contributed by atoms with Gasteiger partial charge in [0.05, 0.1) is 0 Å². The molecule has 0 atom stereocenters. The zero-order chi connectivity index (χ0) is 14.6. The van der Waals surface area contributed by atoms with Gasteiger partial charge in [-0.3, -0.25) is 4.79 Å². The normalized spacial score (nSPS) is 17.1. The van der Waals surface area contributed by atoms with Crippen molar-refractivity contribution < 1.29 is 18.0 Å². The van der Waals surface area contributed by atoms with Crippen molar-refractivity contribution >= 4 is 17.2 Å². The van der Waals surface area contributed by atoms with E-state index in [0.717, 1.165) is 42.6 Å². The van der Waals surface area contributed by atoms with E-state index in [2.05, 4.69) is 0 Å². The van der Waals surface area contributed by atoms with Gasteiger partial charge in [-0.15, -0.1) is 0 Å². The molecule has 1 aliphatic carbocycles. The first-order valence-electron chi connectivity index (χ1n) is 6.82. The summed E-state index contributed by atoms with van der Waals surface area (Å²) in [5.74, 6) is -0.571. The summed E-state index contributed by atoms with van der Waals surface area (Å²) in [5.41, 5.74) is 0.767. The summed E-state index contributed by atoms with van der Waals surface area (Å²) in [4.78, 5) is 13.3. The Hall–Kier alpha value is -1.04. The predicted octanol–water partition coefficient (Wildman–Crippen LogP) is 4.22. The average molecular weight is 305 g/mol. The highest BCUT2D eigenvalue weighted by molar-refractivity contribution is 7.07. The minimum absolute atomic E-state index is 0.0539. The van der Waals surface area contributed by atoms with Crippen LogP contribution in [-0.2, 0) is 11.3 Å². The van der Waals surface area contributed by atoms with Crippen LogP contribution in [0.15, 0.2) is 16.8 Å². The molecule has 1 aromatic heterocycles. The topological polar surface area (TPSA) is 20.3 Å². The molecule has 0 unspecified atom stereocenters. The third kappa shape index (κ3) is 4.51. The molecule has 20 heavy (non-hydrogen) atoms. The molecule has 6 heteroatoms. The predicted molar refractivity (Wildman–Crippen MR) is 72.4 cm³/mol. The third-order valence-corrected chi connectivity index (χ3v) is 4.32. The number of amides is 1. The fourth-order valence-electron chi connectivity index (χ4n) is 2.64. The van der Waals surface area contributed by atoms with Gasteiger partial charge in [0.2, 0.25) is 5.91 Å². The van der Waals surface area contributed by atoms with Gasteiger partial charge in [0.1, 0.15) is 6.54 Å². The van der Waals surface area contributed by atoms with Crippen molar-refractivity contribution in [3.63, 3.8) is 0 Å². The lowest BCUT2D eigenvalue weighted by Crippen LogP contribution is -2.42. The van der Waals surface area contributed by atoms with E-state index in [0.29, 0.717) is 0 Å². The molecule has 1 heterocycles. The highest BCUT2D eigenvalue weighted by Gasteiger charge is 2.35. The molecule has 1 fully saturated rings. The maximum Gasteiger partial charge on any atom is 0.406 e. The van der Waals surface area contributed by atoms with Gasteiger partial charge in [0.15, 0.2) is 0 Å². The fraction of sp³-hybridized carbons (Fsp3) is 0.643. The van der Waals surface area contributed by atoms with Gasteiger partial charge in [0.25, 0.3) is 0 Å². The van der Waals surface area contributed by atoms with Gasteiger partial charge in [-0.2, -0.15) is 24.5 Å². The maximum atomic E-state index is 12.7. The Morgan fingerprint density at radius 1 is 1.30 bits per heavy atom. The van der Waals surface area contributed by atoms with E-state index < -0.39 is 12.7 Å². The molecule has 0 spiro atoms. The molecule has 0 aliphatic heterocycles. The van der Waals surface area contributed by atoms with E-state index in [4.69, 9.17) is 0 Å². The Labute approximate surface area is 120 Å². The smallest absolute Gasteiger partial charge is 0.329 e. The van der Waals surface area contributed by atoms with Crippen LogP contribution in [0.2, 0.25) is 0 Å². The lowest BCUT2D eigenvalue weighted by atomic mass is 9.88. The molecular formula is C14H18F3NOS. The van der Waals surface area contributed by atoms with Crippen LogP contribution in [0.4, 0.5) is 13.2 Å². The maximum absolute atomic E-state index is 12.7. The van der Waals surface area contributed by atoms with Crippen molar-refractivity contribution in [1.29, 1.82) is 0 Å². The Bertz CT molecular complexity index is 424. The first-order valence-corrected chi connectivity index (χ1v) is 7.76. The molecule has 1 aliphatic rings. The van der Waals surface area contributed by atoms with E-state index in [1.54, 1.807) is 11.4 Å². The Morgan fingerprint density at radius 2 is 2.00 bits per heavy atom. The van der Waals surface area contributed by atoms with E-state index in [-0.39, 0.29) is 18.4 Å². The van der Waals surface area contributed by atoms with Gasteiger partial charge >= 0.3 is 6.18 Å². The summed E-state index contributed by atoms with van der Waals surface area (Å²) < 4.78 is 38.0. The minimum atomic E-state index is -4.35. The van der Waals surface area contributed by atoms with Crippen molar-refractivity contribution in [3.05, 3.63) is 22.4 Å². The number of nitrogens with zero attached hydrogens (tertiary/aromatic N) is 1. The van der Waals surface area contributed by atoms with E-state index in [1.807, 2.05) is 5.38 Å². The number of hydrogen-bond donors (Lipinski definition) is 0. The molecule has 1 aromatic rings. The molecule has 0 aromatic carbocycles. The van der Waals surface area contributed by atoms with E-state index >= 15 is 0 Å². The fourth-order valence-corrected chi connectivity index (χ4v) is 3.30.